The lowest BCUT2D eigenvalue weighted by Crippen LogP contribution is -2.53. The molecular formula is C21H20F2N4O2S2. The van der Waals surface area contributed by atoms with Crippen LogP contribution in [0.3, 0.4) is 0 Å². The van der Waals surface area contributed by atoms with Crippen molar-refractivity contribution in [3.8, 4) is 11.3 Å². The van der Waals surface area contributed by atoms with Crippen LogP contribution in [0.25, 0.3) is 11.3 Å². The molecule has 1 saturated heterocycles. The van der Waals surface area contributed by atoms with Gasteiger partial charge in [0.2, 0.25) is 5.91 Å². The van der Waals surface area contributed by atoms with Gasteiger partial charge in [0.15, 0.2) is 16.8 Å². The number of hydrogen-bond acceptors (Lipinski definition) is 6. The number of aromatic nitrogens is 1. The third kappa shape index (κ3) is 4.81. The molecule has 1 N–H and O–H groups in total. The third-order valence-corrected chi connectivity index (χ3v) is 6.83. The Kier molecular flexibility index (Phi) is 6.40. The summed E-state index contributed by atoms with van der Waals surface area (Å²) in [6.45, 7) is 4.14. The molecular weight excluding hydrogens is 442 g/mol. The fourth-order valence-electron chi connectivity index (χ4n) is 3.36. The van der Waals surface area contributed by atoms with Gasteiger partial charge in [-0.25, -0.2) is 13.8 Å². The number of nitrogens with zero attached hydrogens (tertiary/aromatic N) is 3. The first-order valence-corrected chi connectivity index (χ1v) is 11.5. The number of nitrogens with one attached hydrogen (secondary N) is 1. The summed E-state index contributed by atoms with van der Waals surface area (Å²) in [6, 6.07) is 6.85. The molecule has 1 fully saturated rings. The Balaban J connectivity index is 1.32. The van der Waals surface area contributed by atoms with Crippen LogP contribution < -0.4 is 5.32 Å². The molecule has 0 bridgehead atoms. The predicted octanol–water partition coefficient (Wildman–Crippen LogP) is 3.93. The Labute approximate surface area is 186 Å². The van der Waals surface area contributed by atoms with Gasteiger partial charge in [0.05, 0.1) is 16.6 Å². The van der Waals surface area contributed by atoms with E-state index in [4.69, 9.17) is 0 Å². The summed E-state index contributed by atoms with van der Waals surface area (Å²) in [5.41, 5.74) is 0.905. The van der Waals surface area contributed by atoms with Crippen molar-refractivity contribution in [2.75, 3.05) is 31.5 Å². The zero-order chi connectivity index (χ0) is 22.0. The van der Waals surface area contributed by atoms with Crippen molar-refractivity contribution in [1.29, 1.82) is 0 Å². The Bertz CT molecular complexity index is 1080. The van der Waals surface area contributed by atoms with Crippen LogP contribution in [0.1, 0.15) is 16.6 Å². The second kappa shape index (κ2) is 9.21. The van der Waals surface area contributed by atoms with E-state index >= 15 is 0 Å². The lowest BCUT2D eigenvalue weighted by molar-refractivity contribution is -0.121. The van der Waals surface area contributed by atoms with Crippen molar-refractivity contribution in [3.05, 3.63) is 57.6 Å². The number of amides is 2. The molecule has 3 aromatic rings. The van der Waals surface area contributed by atoms with E-state index in [2.05, 4.69) is 10.3 Å². The fourth-order valence-corrected chi connectivity index (χ4v) is 4.78. The molecule has 1 atom stereocenters. The first kappa shape index (κ1) is 21.5. The van der Waals surface area contributed by atoms with Gasteiger partial charge in [0, 0.05) is 37.1 Å². The molecule has 4 rings (SSSR count). The molecule has 1 aliphatic heterocycles. The van der Waals surface area contributed by atoms with Crippen LogP contribution in [0, 0.1) is 11.6 Å². The van der Waals surface area contributed by atoms with Crippen LogP contribution in [-0.4, -0.2) is 58.8 Å². The lowest BCUT2D eigenvalue weighted by Gasteiger charge is -2.37. The number of carbonyl (C=O) groups is 2. The van der Waals surface area contributed by atoms with Gasteiger partial charge in [-0.3, -0.25) is 14.5 Å². The number of halogens is 2. The maximum atomic E-state index is 13.5. The second-order valence-corrected chi connectivity index (χ2v) is 8.94. The standard InChI is InChI=1S/C21H20F2N4O2S2/c1-13(26-6-8-27(9-7-26)20(29)18-3-2-10-30-18)19(28)25-21-24-17(12-31-21)14-4-5-15(22)16(23)11-14/h2-5,10-13H,6-9H2,1H3,(H,24,25,28). The SMILES string of the molecule is CC(C(=O)Nc1nc(-c2ccc(F)c(F)c2)cs1)N1CCN(C(=O)c2cccs2)CC1. The van der Waals surface area contributed by atoms with E-state index in [9.17, 15) is 18.4 Å². The largest absolute Gasteiger partial charge is 0.335 e. The number of thiazole rings is 1. The summed E-state index contributed by atoms with van der Waals surface area (Å²) in [4.78, 5) is 34.0. The highest BCUT2D eigenvalue weighted by Crippen LogP contribution is 2.26. The maximum absolute atomic E-state index is 13.5. The van der Waals surface area contributed by atoms with Crippen molar-refractivity contribution in [3.63, 3.8) is 0 Å². The van der Waals surface area contributed by atoms with Gasteiger partial charge in [-0.1, -0.05) is 6.07 Å². The van der Waals surface area contributed by atoms with Crippen LogP contribution >= 0.6 is 22.7 Å². The Morgan fingerprint density at radius 1 is 1.10 bits per heavy atom. The summed E-state index contributed by atoms with van der Waals surface area (Å²) in [5.74, 6) is -2.04. The number of hydrogen-bond donors (Lipinski definition) is 1. The van der Waals surface area contributed by atoms with Crippen LogP contribution in [0.5, 0.6) is 0 Å². The first-order chi connectivity index (χ1) is 14.9. The number of carbonyl (C=O) groups excluding carboxylic acids is 2. The van der Waals surface area contributed by atoms with Crippen molar-refractivity contribution in [2.45, 2.75) is 13.0 Å². The number of piperazine rings is 1. The number of benzene rings is 1. The Morgan fingerprint density at radius 3 is 2.55 bits per heavy atom. The molecule has 1 aliphatic rings. The number of thiophene rings is 1. The molecule has 10 heteroatoms. The number of rotatable bonds is 5. The minimum Gasteiger partial charge on any atom is -0.335 e. The fraction of sp³-hybridized carbons (Fsp3) is 0.286. The van der Waals surface area contributed by atoms with Crippen molar-refractivity contribution in [1.82, 2.24) is 14.8 Å². The van der Waals surface area contributed by atoms with Gasteiger partial charge in [0.25, 0.3) is 5.91 Å². The number of anilines is 1. The van der Waals surface area contributed by atoms with E-state index in [1.165, 1.54) is 28.7 Å². The lowest BCUT2D eigenvalue weighted by atomic mass is 10.2. The molecule has 0 aliphatic carbocycles. The molecule has 1 aromatic carbocycles. The smallest absolute Gasteiger partial charge is 0.264 e. The highest BCUT2D eigenvalue weighted by molar-refractivity contribution is 7.14. The molecule has 3 heterocycles. The maximum Gasteiger partial charge on any atom is 0.264 e. The van der Waals surface area contributed by atoms with Gasteiger partial charge < -0.3 is 10.2 Å². The highest BCUT2D eigenvalue weighted by atomic mass is 32.1. The van der Waals surface area contributed by atoms with Crippen molar-refractivity contribution >= 4 is 39.6 Å². The molecule has 2 amide bonds. The normalized spacial score (nSPS) is 15.6. The molecule has 162 valence electrons. The molecule has 2 aromatic heterocycles. The van der Waals surface area contributed by atoms with Crippen molar-refractivity contribution < 1.29 is 18.4 Å². The van der Waals surface area contributed by atoms with Gasteiger partial charge in [-0.15, -0.1) is 22.7 Å². The predicted molar refractivity (Wildman–Crippen MR) is 117 cm³/mol. The monoisotopic (exact) mass is 462 g/mol. The van der Waals surface area contributed by atoms with Crippen molar-refractivity contribution in [2.24, 2.45) is 0 Å². The Morgan fingerprint density at radius 2 is 1.87 bits per heavy atom. The quantitative estimate of drug-likeness (QED) is 0.624. The Hall–Kier alpha value is -2.69. The average molecular weight is 463 g/mol. The van der Waals surface area contributed by atoms with E-state index in [1.807, 2.05) is 34.2 Å². The van der Waals surface area contributed by atoms with Crippen LogP contribution in [0.2, 0.25) is 0 Å². The molecule has 0 spiro atoms. The van der Waals surface area contributed by atoms with E-state index < -0.39 is 17.7 Å². The van der Waals surface area contributed by atoms with Gasteiger partial charge in [-0.2, -0.15) is 0 Å². The third-order valence-electron chi connectivity index (χ3n) is 5.21. The summed E-state index contributed by atoms with van der Waals surface area (Å²) in [7, 11) is 0. The van der Waals surface area contributed by atoms with Crippen LogP contribution in [-0.2, 0) is 4.79 Å². The summed E-state index contributed by atoms with van der Waals surface area (Å²) < 4.78 is 26.6. The zero-order valence-electron chi connectivity index (χ0n) is 16.7. The summed E-state index contributed by atoms with van der Waals surface area (Å²) >= 11 is 2.65. The molecule has 31 heavy (non-hydrogen) atoms. The minimum atomic E-state index is -0.943. The highest BCUT2D eigenvalue weighted by Gasteiger charge is 2.28. The average Bonchev–Trinajstić information content (AvgIpc) is 3.47. The van der Waals surface area contributed by atoms with Crippen LogP contribution in [0.15, 0.2) is 41.1 Å². The first-order valence-electron chi connectivity index (χ1n) is 9.71. The van der Waals surface area contributed by atoms with E-state index in [-0.39, 0.29) is 11.8 Å². The van der Waals surface area contributed by atoms with Gasteiger partial charge >= 0.3 is 0 Å². The van der Waals surface area contributed by atoms with E-state index in [0.717, 1.165) is 17.0 Å². The van der Waals surface area contributed by atoms with E-state index in [0.29, 0.717) is 42.6 Å². The second-order valence-electron chi connectivity index (χ2n) is 7.14. The van der Waals surface area contributed by atoms with Gasteiger partial charge in [-0.05, 0) is 36.6 Å². The molecule has 0 saturated carbocycles. The van der Waals surface area contributed by atoms with Gasteiger partial charge in [0.1, 0.15) is 0 Å². The summed E-state index contributed by atoms with van der Waals surface area (Å²) in [5, 5.41) is 6.75. The van der Waals surface area contributed by atoms with E-state index in [1.54, 1.807) is 5.38 Å². The zero-order valence-corrected chi connectivity index (χ0v) is 18.3. The molecule has 1 unspecified atom stereocenters. The van der Waals surface area contributed by atoms with Crippen LogP contribution in [0.4, 0.5) is 13.9 Å². The molecule has 6 nitrogen and oxygen atoms in total. The minimum absolute atomic E-state index is 0.0271. The molecule has 0 radical (unpaired) electrons. The summed E-state index contributed by atoms with van der Waals surface area (Å²) in [6.07, 6.45) is 0. The topological polar surface area (TPSA) is 65.5 Å².